The quantitative estimate of drug-likeness (QED) is 0.390. The monoisotopic (exact) mass is 441 g/mol. The molecule has 0 aliphatic heterocycles. The molecule has 0 unspecified atom stereocenters. The first-order valence-corrected chi connectivity index (χ1v) is 10.3. The van der Waals surface area contributed by atoms with E-state index in [1.165, 1.54) is 29.0 Å². The van der Waals surface area contributed by atoms with Gasteiger partial charge in [-0.3, -0.25) is 5.41 Å². The van der Waals surface area contributed by atoms with E-state index in [1.54, 1.807) is 22.9 Å². The molecule has 8 heteroatoms. The molecule has 4 nitrogen and oxygen atoms in total. The van der Waals surface area contributed by atoms with Crippen LogP contribution in [0, 0.1) is 5.41 Å². The van der Waals surface area contributed by atoms with Gasteiger partial charge in [0, 0.05) is 12.1 Å². The normalized spacial score (nSPS) is 11.5. The van der Waals surface area contributed by atoms with Gasteiger partial charge in [0.05, 0.1) is 5.56 Å². The fraction of sp³-hybridized carbons (Fsp3) is 0.130. The van der Waals surface area contributed by atoms with Crippen molar-refractivity contribution in [3.8, 4) is 22.1 Å². The molecule has 4 aromatic rings. The van der Waals surface area contributed by atoms with Crippen molar-refractivity contribution in [1.29, 1.82) is 5.41 Å². The highest BCUT2D eigenvalue weighted by Gasteiger charge is 2.30. The van der Waals surface area contributed by atoms with Crippen LogP contribution in [0.15, 0.2) is 78.9 Å². The number of aryl methyl sites for hydroxylation is 2. The highest BCUT2D eigenvalue weighted by Crippen LogP contribution is 2.33. The van der Waals surface area contributed by atoms with E-state index in [1.807, 2.05) is 36.4 Å². The standard InChI is InChI=1S/C23H18F3N3OS/c24-23(25,26)18-9-5-11-20(15-18)30-19-10-4-8-17(14-19)21-28-29(22(27)31-21)13-12-16-6-2-1-3-7-16/h1-11,14-15,27H,12-13H2. The van der Waals surface area contributed by atoms with Gasteiger partial charge < -0.3 is 4.74 Å². The number of nitrogens with zero attached hydrogens (tertiary/aromatic N) is 2. The zero-order chi connectivity index (χ0) is 21.8. The first-order valence-electron chi connectivity index (χ1n) is 9.50. The number of hydrogen-bond donors (Lipinski definition) is 1. The topological polar surface area (TPSA) is 50.9 Å². The Kier molecular flexibility index (Phi) is 5.90. The molecule has 1 aromatic heterocycles. The molecular weight excluding hydrogens is 423 g/mol. The number of ether oxygens (including phenoxy) is 1. The highest BCUT2D eigenvalue weighted by atomic mass is 32.1. The van der Waals surface area contributed by atoms with E-state index in [9.17, 15) is 13.2 Å². The number of halogens is 3. The molecular formula is C23H18F3N3OS. The fourth-order valence-electron chi connectivity index (χ4n) is 3.03. The minimum absolute atomic E-state index is 0.102. The van der Waals surface area contributed by atoms with Gasteiger partial charge in [-0.05, 0) is 42.3 Å². The van der Waals surface area contributed by atoms with E-state index < -0.39 is 11.7 Å². The third-order valence-corrected chi connectivity index (χ3v) is 5.49. The van der Waals surface area contributed by atoms with Crippen LogP contribution in [0.4, 0.5) is 13.2 Å². The summed E-state index contributed by atoms with van der Waals surface area (Å²) in [4.78, 5) is 0.329. The van der Waals surface area contributed by atoms with Crippen molar-refractivity contribution in [2.24, 2.45) is 0 Å². The number of rotatable bonds is 6. The molecule has 0 atom stereocenters. The van der Waals surface area contributed by atoms with Crippen LogP contribution < -0.4 is 9.54 Å². The smallest absolute Gasteiger partial charge is 0.416 e. The Morgan fingerprint density at radius 1 is 0.903 bits per heavy atom. The SMILES string of the molecule is N=c1sc(-c2cccc(Oc3cccc(C(F)(F)F)c3)c2)nn1CCc1ccccc1. The molecule has 31 heavy (non-hydrogen) atoms. The molecule has 0 saturated carbocycles. The lowest BCUT2D eigenvalue weighted by molar-refractivity contribution is -0.137. The summed E-state index contributed by atoms with van der Waals surface area (Å²) in [6.07, 6.45) is -3.67. The van der Waals surface area contributed by atoms with Crippen LogP contribution in [-0.2, 0) is 19.1 Å². The summed E-state index contributed by atoms with van der Waals surface area (Å²) >= 11 is 1.24. The maximum absolute atomic E-state index is 12.9. The van der Waals surface area contributed by atoms with E-state index in [4.69, 9.17) is 10.1 Å². The maximum Gasteiger partial charge on any atom is 0.416 e. The van der Waals surface area contributed by atoms with Gasteiger partial charge in [0.15, 0.2) is 0 Å². The average molecular weight is 441 g/mol. The highest BCUT2D eigenvalue weighted by molar-refractivity contribution is 7.12. The molecule has 1 N–H and O–H groups in total. The second-order valence-corrected chi connectivity index (χ2v) is 7.80. The molecule has 4 rings (SSSR count). The van der Waals surface area contributed by atoms with E-state index >= 15 is 0 Å². The molecule has 0 aliphatic rings. The third-order valence-electron chi connectivity index (χ3n) is 4.57. The van der Waals surface area contributed by atoms with Crippen LogP contribution in [-0.4, -0.2) is 9.78 Å². The molecule has 0 spiro atoms. The number of hydrogen-bond acceptors (Lipinski definition) is 4. The molecule has 1 heterocycles. The lowest BCUT2D eigenvalue weighted by Gasteiger charge is -2.10. The van der Waals surface area contributed by atoms with E-state index in [2.05, 4.69) is 5.10 Å². The molecule has 0 radical (unpaired) electrons. The zero-order valence-corrected chi connectivity index (χ0v) is 17.1. The summed E-state index contributed by atoms with van der Waals surface area (Å²) < 4.78 is 46.1. The van der Waals surface area contributed by atoms with Crippen molar-refractivity contribution in [3.63, 3.8) is 0 Å². The van der Waals surface area contributed by atoms with Crippen LogP contribution in [0.2, 0.25) is 0 Å². The average Bonchev–Trinajstić information content (AvgIpc) is 3.13. The van der Waals surface area contributed by atoms with Crippen LogP contribution >= 0.6 is 11.3 Å². The molecule has 0 fully saturated rings. The number of benzene rings is 3. The summed E-state index contributed by atoms with van der Waals surface area (Å²) in [5, 5.41) is 13.4. The second kappa shape index (κ2) is 8.77. The fourth-order valence-corrected chi connectivity index (χ4v) is 3.84. The third kappa shape index (κ3) is 5.21. The van der Waals surface area contributed by atoms with Crippen molar-refractivity contribution >= 4 is 11.3 Å². The van der Waals surface area contributed by atoms with Crippen molar-refractivity contribution in [3.05, 3.63) is 94.8 Å². The summed E-state index contributed by atoms with van der Waals surface area (Å²) in [6.45, 7) is 0.583. The summed E-state index contributed by atoms with van der Waals surface area (Å²) in [5.41, 5.74) is 1.14. The Hall–Kier alpha value is -3.39. The first kappa shape index (κ1) is 20.9. The molecule has 3 aromatic carbocycles. The number of alkyl halides is 3. The van der Waals surface area contributed by atoms with Crippen molar-refractivity contribution < 1.29 is 17.9 Å². The summed E-state index contributed by atoms with van der Waals surface area (Å²) in [7, 11) is 0. The largest absolute Gasteiger partial charge is 0.457 e. The van der Waals surface area contributed by atoms with Gasteiger partial charge >= 0.3 is 6.18 Å². The van der Waals surface area contributed by atoms with E-state index in [0.717, 1.165) is 24.1 Å². The van der Waals surface area contributed by atoms with Crippen LogP contribution in [0.5, 0.6) is 11.5 Å². The Morgan fingerprint density at radius 3 is 2.35 bits per heavy atom. The first-order chi connectivity index (χ1) is 14.9. The van der Waals surface area contributed by atoms with Crippen molar-refractivity contribution in [2.45, 2.75) is 19.1 Å². The minimum atomic E-state index is -4.43. The Morgan fingerprint density at radius 2 is 1.61 bits per heavy atom. The van der Waals surface area contributed by atoms with Gasteiger partial charge in [-0.1, -0.05) is 59.9 Å². The molecule has 158 valence electrons. The Bertz CT molecular complexity index is 1230. The van der Waals surface area contributed by atoms with Crippen molar-refractivity contribution in [2.75, 3.05) is 0 Å². The van der Waals surface area contributed by atoms with Crippen LogP contribution in [0.25, 0.3) is 10.6 Å². The van der Waals surface area contributed by atoms with E-state index in [-0.39, 0.29) is 5.75 Å². The predicted octanol–water partition coefficient (Wildman–Crippen LogP) is 6.14. The second-order valence-electron chi connectivity index (χ2n) is 6.83. The van der Waals surface area contributed by atoms with Crippen molar-refractivity contribution in [1.82, 2.24) is 9.78 Å². The maximum atomic E-state index is 12.9. The molecule has 0 aliphatic carbocycles. The lowest BCUT2D eigenvalue weighted by atomic mass is 10.1. The zero-order valence-electron chi connectivity index (χ0n) is 16.3. The molecule has 0 saturated heterocycles. The predicted molar refractivity (Wildman–Crippen MR) is 113 cm³/mol. The van der Waals surface area contributed by atoms with E-state index in [0.29, 0.717) is 22.1 Å². The van der Waals surface area contributed by atoms with Gasteiger partial charge in [0.2, 0.25) is 4.80 Å². The van der Waals surface area contributed by atoms with Crippen LogP contribution in [0.3, 0.4) is 0 Å². The summed E-state index contributed by atoms with van der Waals surface area (Å²) in [5.74, 6) is 0.500. The number of aromatic nitrogens is 2. The Labute approximate surface area is 180 Å². The van der Waals surface area contributed by atoms with Gasteiger partial charge in [0.1, 0.15) is 16.5 Å². The Balaban J connectivity index is 1.52. The molecule has 0 amide bonds. The summed E-state index contributed by atoms with van der Waals surface area (Å²) in [6, 6.07) is 21.7. The number of nitrogens with one attached hydrogen (secondary N) is 1. The van der Waals surface area contributed by atoms with Crippen LogP contribution in [0.1, 0.15) is 11.1 Å². The van der Waals surface area contributed by atoms with Gasteiger partial charge in [-0.2, -0.15) is 18.3 Å². The van der Waals surface area contributed by atoms with Gasteiger partial charge in [0.25, 0.3) is 0 Å². The van der Waals surface area contributed by atoms with Gasteiger partial charge in [-0.15, -0.1) is 0 Å². The lowest BCUT2D eigenvalue weighted by Crippen LogP contribution is -2.16. The van der Waals surface area contributed by atoms with Gasteiger partial charge in [-0.25, -0.2) is 4.68 Å². The molecule has 0 bridgehead atoms. The minimum Gasteiger partial charge on any atom is -0.457 e.